The molecule has 0 unspecified atom stereocenters. The fourth-order valence-electron chi connectivity index (χ4n) is 1.99. The van der Waals surface area contributed by atoms with Gasteiger partial charge in [0.05, 0.1) is 17.0 Å². The monoisotopic (exact) mass is 370 g/mol. The largest absolute Gasteiger partial charge is 0.493 e. The molecule has 0 fully saturated rings. The molecular weight excluding hydrogens is 354 g/mol. The van der Waals surface area contributed by atoms with Gasteiger partial charge in [-0.3, -0.25) is 9.59 Å². The molecule has 2 N–H and O–H groups in total. The Hall–Kier alpha value is -2.68. The molecule has 134 valence electrons. The quantitative estimate of drug-likeness (QED) is 0.784. The minimum atomic E-state index is -2.95. The highest BCUT2D eigenvalue weighted by Crippen LogP contribution is 2.29. The normalized spacial score (nSPS) is 10.4. The Morgan fingerprint density at radius 1 is 1.20 bits per heavy atom. The van der Waals surface area contributed by atoms with Crippen LogP contribution in [0.4, 0.5) is 13.8 Å². The Kier molecular flexibility index (Phi) is 6.29. The second kappa shape index (κ2) is 8.43. The third kappa shape index (κ3) is 5.42. The highest BCUT2D eigenvalue weighted by atomic mass is 32.1. The van der Waals surface area contributed by atoms with Crippen LogP contribution in [0.5, 0.6) is 11.5 Å². The fraction of sp³-hybridized carbons (Fsp3) is 0.250. The second-order valence-electron chi connectivity index (χ2n) is 4.89. The van der Waals surface area contributed by atoms with E-state index in [-0.39, 0.29) is 29.9 Å². The van der Waals surface area contributed by atoms with Gasteiger partial charge < -0.3 is 20.1 Å². The van der Waals surface area contributed by atoms with Crippen molar-refractivity contribution in [1.82, 2.24) is 5.32 Å². The molecule has 0 aliphatic rings. The van der Waals surface area contributed by atoms with Crippen molar-refractivity contribution in [2.75, 3.05) is 12.4 Å². The van der Waals surface area contributed by atoms with E-state index >= 15 is 0 Å². The highest BCUT2D eigenvalue weighted by molar-refractivity contribution is 7.18. The number of carbonyl (C=O) groups excluding carboxylic acids is 2. The summed E-state index contributed by atoms with van der Waals surface area (Å²) in [5.74, 6) is -0.456. The van der Waals surface area contributed by atoms with E-state index in [0.717, 1.165) is 11.3 Å². The smallest absolute Gasteiger partial charge is 0.387 e. The lowest BCUT2D eigenvalue weighted by Gasteiger charge is -2.11. The van der Waals surface area contributed by atoms with E-state index in [1.165, 1.54) is 26.2 Å². The van der Waals surface area contributed by atoms with Gasteiger partial charge in [0.15, 0.2) is 11.5 Å². The van der Waals surface area contributed by atoms with E-state index in [2.05, 4.69) is 15.4 Å². The third-order valence-electron chi connectivity index (χ3n) is 3.03. The SMILES string of the molecule is COc1cc(CNC(=O)c2ccc(NC(C)=O)s2)ccc1OC(F)F. The van der Waals surface area contributed by atoms with Crippen molar-refractivity contribution in [3.05, 3.63) is 40.8 Å². The molecule has 9 heteroatoms. The number of amides is 2. The van der Waals surface area contributed by atoms with Crippen molar-refractivity contribution >= 4 is 28.2 Å². The molecule has 0 saturated carbocycles. The highest BCUT2D eigenvalue weighted by Gasteiger charge is 2.13. The molecule has 0 aliphatic carbocycles. The maximum absolute atomic E-state index is 12.3. The zero-order valence-corrected chi connectivity index (χ0v) is 14.3. The number of halogens is 2. The Bertz CT molecular complexity index is 764. The Morgan fingerprint density at radius 2 is 1.96 bits per heavy atom. The molecule has 1 heterocycles. The van der Waals surface area contributed by atoms with E-state index in [1.54, 1.807) is 18.2 Å². The topological polar surface area (TPSA) is 76.7 Å². The van der Waals surface area contributed by atoms with Crippen LogP contribution < -0.4 is 20.1 Å². The first-order valence-corrected chi connectivity index (χ1v) is 7.98. The number of ether oxygens (including phenoxy) is 2. The number of methoxy groups -OCH3 is 1. The van der Waals surface area contributed by atoms with Crippen molar-refractivity contribution < 1.29 is 27.8 Å². The van der Waals surface area contributed by atoms with Crippen LogP contribution in [0.15, 0.2) is 30.3 Å². The molecule has 1 aromatic heterocycles. The van der Waals surface area contributed by atoms with Crippen molar-refractivity contribution in [2.45, 2.75) is 20.1 Å². The van der Waals surface area contributed by atoms with Gasteiger partial charge in [0.1, 0.15) is 0 Å². The second-order valence-corrected chi connectivity index (χ2v) is 5.98. The first kappa shape index (κ1) is 18.7. The standard InChI is InChI=1S/C16H16F2N2O4S/c1-9(21)20-14-6-5-13(25-14)15(22)19-8-10-3-4-11(24-16(17)18)12(7-10)23-2/h3-7,16H,8H2,1-2H3,(H,19,22)(H,20,21). The van der Waals surface area contributed by atoms with Crippen LogP contribution in [0.2, 0.25) is 0 Å². The lowest BCUT2D eigenvalue weighted by atomic mass is 10.2. The molecule has 0 spiro atoms. The lowest BCUT2D eigenvalue weighted by Crippen LogP contribution is -2.21. The average molecular weight is 370 g/mol. The third-order valence-corrected chi connectivity index (χ3v) is 4.03. The van der Waals surface area contributed by atoms with E-state index in [0.29, 0.717) is 15.4 Å². The van der Waals surface area contributed by atoms with Crippen molar-refractivity contribution in [1.29, 1.82) is 0 Å². The summed E-state index contributed by atoms with van der Waals surface area (Å²) >= 11 is 1.15. The molecule has 0 bridgehead atoms. The summed E-state index contributed by atoms with van der Waals surface area (Å²) in [5.41, 5.74) is 0.658. The number of alkyl halides is 2. The van der Waals surface area contributed by atoms with Crippen LogP contribution in [-0.2, 0) is 11.3 Å². The lowest BCUT2D eigenvalue weighted by molar-refractivity contribution is -0.114. The predicted molar refractivity (Wildman–Crippen MR) is 89.4 cm³/mol. The van der Waals surface area contributed by atoms with Gasteiger partial charge in [-0.1, -0.05) is 6.07 Å². The molecule has 2 aromatic rings. The Morgan fingerprint density at radius 3 is 2.60 bits per heavy atom. The minimum Gasteiger partial charge on any atom is -0.493 e. The van der Waals surface area contributed by atoms with Gasteiger partial charge >= 0.3 is 6.61 Å². The predicted octanol–water partition coefficient (Wildman–Crippen LogP) is 3.25. The zero-order chi connectivity index (χ0) is 18.4. The molecule has 25 heavy (non-hydrogen) atoms. The number of hydrogen-bond donors (Lipinski definition) is 2. The van der Waals surface area contributed by atoms with Gasteiger partial charge in [-0.15, -0.1) is 11.3 Å². The summed E-state index contributed by atoms with van der Waals surface area (Å²) in [7, 11) is 1.34. The van der Waals surface area contributed by atoms with E-state index in [9.17, 15) is 18.4 Å². The first-order valence-electron chi connectivity index (χ1n) is 7.16. The molecule has 2 amide bonds. The Balaban J connectivity index is 1.99. The fourth-order valence-corrected chi connectivity index (χ4v) is 2.85. The van der Waals surface area contributed by atoms with Crippen LogP contribution in [0.25, 0.3) is 0 Å². The van der Waals surface area contributed by atoms with Gasteiger partial charge in [-0.05, 0) is 29.8 Å². The van der Waals surface area contributed by atoms with Crippen LogP contribution in [0.1, 0.15) is 22.2 Å². The van der Waals surface area contributed by atoms with Gasteiger partial charge in [-0.25, -0.2) is 0 Å². The summed E-state index contributed by atoms with van der Waals surface area (Å²) in [6, 6.07) is 7.66. The summed E-state index contributed by atoms with van der Waals surface area (Å²) in [4.78, 5) is 23.5. The number of rotatable bonds is 7. The maximum Gasteiger partial charge on any atom is 0.387 e. The van der Waals surface area contributed by atoms with E-state index < -0.39 is 6.61 Å². The number of carbonyl (C=O) groups is 2. The minimum absolute atomic E-state index is 0.0780. The number of anilines is 1. The summed E-state index contributed by atoms with van der Waals surface area (Å²) in [6.07, 6.45) is 0. The molecule has 0 atom stereocenters. The number of nitrogens with one attached hydrogen (secondary N) is 2. The summed E-state index contributed by atoms with van der Waals surface area (Å²) < 4.78 is 34.0. The van der Waals surface area contributed by atoms with Gasteiger partial charge in [-0.2, -0.15) is 8.78 Å². The van der Waals surface area contributed by atoms with Crippen molar-refractivity contribution in [3.8, 4) is 11.5 Å². The summed E-state index contributed by atoms with van der Waals surface area (Å²) in [6.45, 7) is -1.39. The van der Waals surface area contributed by atoms with Crippen LogP contribution in [-0.4, -0.2) is 25.5 Å². The number of thiophene rings is 1. The van der Waals surface area contributed by atoms with E-state index in [4.69, 9.17) is 4.74 Å². The van der Waals surface area contributed by atoms with E-state index in [1.807, 2.05) is 0 Å². The molecule has 1 aromatic carbocycles. The number of benzene rings is 1. The molecule has 0 aliphatic heterocycles. The Labute approximate surface area is 146 Å². The van der Waals surface area contributed by atoms with Crippen LogP contribution in [0.3, 0.4) is 0 Å². The molecule has 0 saturated heterocycles. The molecule has 2 rings (SSSR count). The average Bonchev–Trinajstić information content (AvgIpc) is 3.00. The van der Waals surface area contributed by atoms with Crippen molar-refractivity contribution in [2.24, 2.45) is 0 Å². The molecule has 6 nitrogen and oxygen atoms in total. The number of hydrogen-bond acceptors (Lipinski definition) is 5. The van der Waals surface area contributed by atoms with Gasteiger partial charge in [0.25, 0.3) is 5.91 Å². The van der Waals surface area contributed by atoms with Gasteiger partial charge in [0.2, 0.25) is 5.91 Å². The molecular formula is C16H16F2N2O4S. The zero-order valence-electron chi connectivity index (χ0n) is 13.5. The van der Waals surface area contributed by atoms with Gasteiger partial charge in [0, 0.05) is 13.5 Å². The first-order chi connectivity index (χ1) is 11.9. The molecule has 0 radical (unpaired) electrons. The van der Waals surface area contributed by atoms with Crippen LogP contribution >= 0.6 is 11.3 Å². The van der Waals surface area contributed by atoms with Crippen molar-refractivity contribution in [3.63, 3.8) is 0 Å². The van der Waals surface area contributed by atoms with Crippen LogP contribution in [0, 0.1) is 0 Å². The maximum atomic E-state index is 12.3. The summed E-state index contributed by atoms with van der Waals surface area (Å²) in [5, 5.41) is 5.88.